The molecule has 0 heterocycles. The summed E-state index contributed by atoms with van der Waals surface area (Å²) < 4.78 is 13.5. The van der Waals surface area contributed by atoms with Crippen LogP contribution < -0.4 is 5.73 Å². The third-order valence-electron chi connectivity index (χ3n) is 2.78. The number of hydrogen-bond acceptors (Lipinski definition) is 2. The zero-order valence-corrected chi connectivity index (χ0v) is 11.4. The maximum Gasteiger partial charge on any atom is 0.160 e. The number of hydrogen-bond donors (Lipinski definition) is 1. The van der Waals surface area contributed by atoms with Crippen LogP contribution in [0, 0.1) is 5.82 Å². The molecular weight excluding hydrogens is 277 g/mol. The summed E-state index contributed by atoms with van der Waals surface area (Å²) in [5.41, 5.74) is 7.43. The molecule has 0 spiro atoms. The van der Waals surface area contributed by atoms with E-state index in [1.54, 1.807) is 24.3 Å². The molecule has 2 nitrogen and oxygen atoms in total. The first-order chi connectivity index (χ1) is 9.54. The fraction of sp³-hybridized carbons (Fsp3) is 0.0625. The van der Waals surface area contributed by atoms with E-state index in [0.29, 0.717) is 16.3 Å². The smallest absolute Gasteiger partial charge is 0.160 e. The zero-order chi connectivity index (χ0) is 14.5. The van der Waals surface area contributed by atoms with Gasteiger partial charge in [0.15, 0.2) is 5.78 Å². The lowest BCUT2D eigenvalue weighted by Crippen LogP contribution is -2.00. The Labute approximate surface area is 121 Å². The van der Waals surface area contributed by atoms with Gasteiger partial charge in [0.2, 0.25) is 0 Å². The zero-order valence-electron chi connectivity index (χ0n) is 10.6. The van der Waals surface area contributed by atoms with Crippen LogP contribution in [0.3, 0.4) is 0 Å². The number of benzene rings is 2. The fourth-order valence-corrected chi connectivity index (χ4v) is 1.87. The molecule has 2 rings (SSSR count). The second-order valence-electron chi connectivity index (χ2n) is 4.38. The predicted molar refractivity (Wildman–Crippen MR) is 80.0 cm³/mol. The Morgan fingerprint density at radius 2 is 1.90 bits per heavy atom. The largest absolute Gasteiger partial charge is 0.399 e. The van der Waals surface area contributed by atoms with Crippen molar-refractivity contribution in [2.75, 3.05) is 5.73 Å². The first kappa shape index (κ1) is 14.3. The number of rotatable bonds is 4. The van der Waals surface area contributed by atoms with Crippen LogP contribution in [0.2, 0.25) is 5.02 Å². The molecule has 0 radical (unpaired) electrons. The molecule has 4 heteroatoms. The number of carbonyl (C=O) groups is 1. The van der Waals surface area contributed by atoms with Crippen LogP contribution in [0.5, 0.6) is 0 Å². The summed E-state index contributed by atoms with van der Waals surface area (Å²) >= 11 is 5.66. The van der Waals surface area contributed by atoms with Crippen LogP contribution in [-0.2, 0) is 11.2 Å². The van der Waals surface area contributed by atoms with Gasteiger partial charge in [0.1, 0.15) is 5.82 Å². The Morgan fingerprint density at radius 1 is 1.20 bits per heavy atom. The van der Waals surface area contributed by atoms with Crippen LogP contribution in [0.1, 0.15) is 11.1 Å². The van der Waals surface area contributed by atoms with Crippen molar-refractivity contribution < 1.29 is 9.18 Å². The monoisotopic (exact) mass is 289 g/mol. The maximum absolute atomic E-state index is 13.5. The Bertz CT molecular complexity index is 650. The van der Waals surface area contributed by atoms with Crippen molar-refractivity contribution in [3.05, 3.63) is 70.5 Å². The highest BCUT2D eigenvalue weighted by molar-refractivity contribution is 6.30. The fourth-order valence-electron chi connectivity index (χ4n) is 1.71. The number of nitrogen functional groups attached to an aromatic ring is 1. The first-order valence-corrected chi connectivity index (χ1v) is 6.43. The summed E-state index contributed by atoms with van der Waals surface area (Å²) in [6.45, 7) is 0. The highest BCUT2D eigenvalue weighted by Gasteiger charge is 2.06. The van der Waals surface area contributed by atoms with Gasteiger partial charge in [0, 0.05) is 17.1 Å². The van der Waals surface area contributed by atoms with Gasteiger partial charge in [-0.05, 0) is 41.5 Å². The van der Waals surface area contributed by atoms with Crippen LogP contribution in [-0.4, -0.2) is 5.78 Å². The molecule has 0 fully saturated rings. The van der Waals surface area contributed by atoms with E-state index in [1.807, 2.05) is 12.1 Å². The SMILES string of the molecule is Nc1ccc(/C=C/C(=O)Cc2ccc(Cl)cc2F)cc1. The molecule has 0 aromatic heterocycles. The van der Waals surface area contributed by atoms with Crippen molar-refractivity contribution in [3.63, 3.8) is 0 Å². The van der Waals surface area contributed by atoms with Crippen molar-refractivity contribution in [3.8, 4) is 0 Å². The highest BCUT2D eigenvalue weighted by Crippen LogP contribution is 2.15. The van der Waals surface area contributed by atoms with Gasteiger partial charge >= 0.3 is 0 Å². The summed E-state index contributed by atoms with van der Waals surface area (Å²) in [7, 11) is 0. The average molecular weight is 290 g/mol. The molecule has 20 heavy (non-hydrogen) atoms. The van der Waals surface area contributed by atoms with Crippen molar-refractivity contribution in [2.45, 2.75) is 6.42 Å². The molecule has 2 N–H and O–H groups in total. The van der Waals surface area contributed by atoms with Gasteiger partial charge in [-0.1, -0.05) is 35.9 Å². The lowest BCUT2D eigenvalue weighted by Gasteiger charge is -2.01. The lowest BCUT2D eigenvalue weighted by molar-refractivity contribution is -0.114. The third kappa shape index (κ3) is 3.93. The molecule has 0 saturated carbocycles. The summed E-state index contributed by atoms with van der Waals surface area (Å²) in [6, 6.07) is 11.4. The van der Waals surface area contributed by atoms with Gasteiger partial charge in [0.05, 0.1) is 0 Å². The Morgan fingerprint density at radius 3 is 2.55 bits per heavy atom. The summed E-state index contributed by atoms with van der Waals surface area (Å²) in [5.74, 6) is -0.644. The Hall–Kier alpha value is -2.13. The topological polar surface area (TPSA) is 43.1 Å². The maximum atomic E-state index is 13.5. The van der Waals surface area contributed by atoms with Gasteiger partial charge in [-0.25, -0.2) is 4.39 Å². The molecule has 102 valence electrons. The molecule has 2 aromatic rings. The minimum absolute atomic E-state index is 0.00841. The number of anilines is 1. The molecule has 0 atom stereocenters. The van der Waals surface area contributed by atoms with Gasteiger partial charge in [0.25, 0.3) is 0 Å². The summed E-state index contributed by atoms with van der Waals surface area (Å²) in [5, 5.41) is 0.316. The molecule has 2 aromatic carbocycles. The van der Waals surface area contributed by atoms with E-state index in [-0.39, 0.29) is 12.2 Å². The molecular formula is C16H13ClFNO. The van der Waals surface area contributed by atoms with Crippen LogP contribution in [0.25, 0.3) is 6.08 Å². The number of ketones is 1. The standard InChI is InChI=1S/C16H13ClFNO/c17-13-5-4-12(16(18)10-13)9-15(20)8-3-11-1-6-14(19)7-2-11/h1-8,10H,9,19H2/b8-3+. The third-order valence-corrected chi connectivity index (χ3v) is 3.01. The molecule has 0 bridgehead atoms. The van der Waals surface area contributed by atoms with Gasteiger partial charge in [-0.3, -0.25) is 4.79 Å². The molecule has 0 aliphatic heterocycles. The van der Waals surface area contributed by atoms with Crippen molar-refractivity contribution >= 4 is 29.1 Å². The Balaban J connectivity index is 2.03. The number of halogens is 2. The second-order valence-corrected chi connectivity index (χ2v) is 4.82. The minimum atomic E-state index is -0.466. The van der Waals surface area contributed by atoms with Crippen molar-refractivity contribution in [1.82, 2.24) is 0 Å². The molecule has 0 saturated heterocycles. The highest BCUT2D eigenvalue weighted by atomic mass is 35.5. The predicted octanol–water partition coefficient (Wildman–Crippen LogP) is 3.89. The number of allylic oxidation sites excluding steroid dienone is 1. The normalized spacial score (nSPS) is 10.9. The molecule has 0 amide bonds. The first-order valence-electron chi connectivity index (χ1n) is 6.05. The molecule has 0 unspecified atom stereocenters. The minimum Gasteiger partial charge on any atom is -0.399 e. The van der Waals surface area contributed by atoms with Crippen LogP contribution in [0.15, 0.2) is 48.5 Å². The van der Waals surface area contributed by atoms with Crippen LogP contribution >= 0.6 is 11.6 Å². The van der Waals surface area contributed by atoms with E-state index in [9.17, 15) is 9.18 Å². The number of carbonyl (C=O) groups excluding carboxylic acids is 1. The average Bonchev–Trinajstić information content (AvgIpc) is 2.41. The van der Waals surface area contributed by atoms with Gasteiger partial charge in [-0.15, -0.1) is 0 Å². The molecule has 0 aliphatic rings. The van der Waals surface area contributed by atoms with Gasteiger partial charge in [-0.2, -0.15) is 0 Å². The van der Waals surface area contributed by atoms with E-state index < -0.39 is 5.82 Å². The summed E-state index contributed by atoms with van der Waals surface area (Å²) in [4.78, 5) is 11.8. The van der Waals surface area contributed by atoms with E-state index in [4.69, 9.17) is 17.3 Å². The quantitative estimate of drug-likeness (QED) is 0.685. The van der Waals surface area contributed by atoms with E-state index in [1.165, 1.54) is 18.2 Å². The van der Waals surface area contributed by atoms with E-state index in [2.05, 4.69) is 0 Å². The second kappa shape index (κ2) is 6.35. The summed E-state index contributed by atoms with van der Waals surface area (Å²) in [6.07, 6.45) is 3.11. The van der Waals surface area contributed by atoms with Crippen molar-refractivity contribution in [1.29, 1.82) is 0 Å². The van der Waals surface area contributed by atoms with Gasteiger partial charge < -0.3 is 5.73 Å². The van der Waals surface area contributed by atoms with Crippen LogP contribution in [0.4, 0.5) is 10.1 Å². The lowest BCUT2D eigenvalue weighted by atomic mass is 10.1. The number of nitrogens with two attached hydrogens (primary N) is 1. The van der Waals surface area contributed by atoms with Crippen molar-refractivity contribution in [2.24, 2.45) is 0 Å². The molecule has 0 aliphatic carbocycles. The van der Waals surface area contributed by atoms with E-state index in [0.717, 1.165) is 5.56 Å². The Kier molecular flexibility index (Phi) is 4.53. The van der Waals surface area contributed by atoms with E-state index >= 15 is 0 Å².